The molecule has 128 valence electrons. The van der Waals surface area contributed by atoms with Gasteiger partial charge >= 0.3 is 0 Å². The Morgan fingerprint density at radius 2 is 2.04 bits per heavy atom. The number of nitrogens with two attached hydrogens (primary N) is 1. The fraction of sp³-hybridized carbons (Fsp3) is 0.294. The van der Waals surface area contributed by atoms with Gasteiger partial charge in [-0.15, -0.1) is 0 Å². The molecule has 0 amide bonds. The van der Waals surface area contributed by atoms with Crippen LogP contribution in [0.5, 0.6) is 11.5 Å². The number of hydrogen-bond donors (Lipinski definition) is 1. The largest absolute Gasteiger partial charge is 0.610 e. The Bertz CT molecular complexity index is 750. The molecule has 1 atom stereocenters. The van der Waals surface area contributed by atoms with Crippen LogP contribution < -0.4 is 15.2 Å². The first-order valence-corrected chi connectivity index (χ1v) is 8.68. The molecule has 1 unspecified atom stereocenters. The predicted octanol–water partition coefficient (Wildman–Crippen LogP) is 2.91. The van der Waals surface area contributed by atoms with E-state index < -0.39 is 11.2 Å². The third-order valence-corrected chi connectivity index (χ3v) is 4.47. The quantitative estimate of drug-likeness (QED) is 0.375. The number of aromatic nitrogens is 1. The number of anilines is 1. The van der Waals surface area contributed by atoms with E-state index in [1.165, 1.54) is 5.55 Å². The molecule has 1 aromatic heterocycles. The van der Waals surface area contributed by atoms with Crippen molar-refractivity contribution in [3.63, 3.8) is 0 Å². The molecule has 0 fully saturated rings. The summed E-state index contributed by atoms with van der Waals surface area (Å²) in [5.41, 5.74) is 10.9. The van der Waals surface area contributed by atoms with Gasteiger partial charge in [-0.2, -0.15) is 0 Å². The summed E-state index contributed by atoms with van der Waals surface area (Å²) in [6, 6.07) is 5.15. The summed E-state index contributed by atoms with van der Waals surface area (Å²) in [5.74, 6) is 1.69. The van der Waals surface area contributed by atoms with Crippen LogP contribution >= 0.6 is 0 Å². The van der Waals surface area contributed by atoms with Gasteiger partial charge in [-0.3, -0.25) is 4.98 Å². The highest BCUT2D eigenvalue weighted by Gasteiger charge is 2.14. The van der Waals surface area contributed by atoms with Crippen molar-refractivity contribution in [3.8, 4) is 11.5 Å². The molecule has 0 saturated heterocycles. The van der Waals surface area contributed by atoms with Crippen LogP contribution in [-0.2, 0) is 16.9 Å². The van der Waals surface area contributed by atoms with Gasteiger partial charge in [0, 0.05) is 34.6 Å². The summed E-state index contributed by atoms with van der Waals surface area (Å²) >= 11 is -1.31. The van der Waals surface area contributed by atoms with E-state index in [0.717, 1.165) is 22.6 Å². The second-order valence-corrected chi connectivity index (χ2v) is 6.49. The molecule has 7 heteroatoms. The van der Waals surface area contributed by atoms with Gasteiger partial charge in [0.15, 0.2) is 5.75 Å². The zero-order valence-electron chi connectivity index (χ0n) is 14.2. The van der Waals surface area contributed by atoms with Gasteiger partial charge in [0.2, 0.25) is 5.55 Å². The normalized spacial score (nSPS) is 12.4. The number of aryl methyl sites for hydroxylation is 1. The lowest BCUT2D eigenvalue weighted by Crippen LogP contribution is -2.09. The first-order chi connectivity index (χ1) is 11.5. The zero-order valence-corrected chi connectivity index (χ0v) is 15.0. The third-order valence-electron chi connectivity index (χ3n) is 3.57. The number of aliphatic imine (C=N–C) groups is 1. The summed E-state index contributed by atoms with van der Waals surface area (Å²) in [5, 5.41) is 0. The number of hydrogen-bond acceptors (Lipinski definition) is 6. The fourth-order valence-electron chi connectivity index (χ4n) is 2.28. The lowest BCUT2D eigenvalue weighted by molar-refractivity contribution is 0.407. The molecular formula is C17H21N3O3S. The third kappa shape index (κ3) is 4.18. The lowest BCUT2D eigenvalue weighted by atomic mass is 10.1. The molecule has 2 aromatic rings. The van der Waals surface area contributed by atoms with Crippen molar-refractivity contribution in [2.75, 3.05) is 20.0 Å². The molecule has 24 heavy (non-hydrogen) atoms. The van der Waals surface area contributed by atoms with E-state index in [9.17, 15) is 4.55 Å². The molecule has 0 aliphatic carbocycles. The SMILES string of the molecule is COc1ccc(/N=C/[S+]([O-])Cc2ncc(C)c(OC)c2C)c(N)c1. The van der Waals surface area contributed by atoms with Gasteiger partial charge in [-0.05, 0) is 26.0 Å². The van der Waals surface area contributed by atoms with Gasteiger partial charge < -0.3 is 19.8 Å². The van der Waals surface area contributed by atoms with E-state index in [4.69, 9.17) is 15.2 Å². The molecule has 1 aromatic carbocycles. The average molecular weight is 347 g/mol. The molecule has 0 aliphatic heterocycles. The minimum Gasteiger partial charge on any atom is -0.610 e. The molecule has 0 spiro atoms. The lowest BCUT2D eigenvalue weighted by Gasteiger charge is -2.12. The number of ether oxygens (including phenoxy) is 2. The van der Waals surface area contributed by atoms with Crippen LogP contribution in [0.1, 0.15) is 16.8 Å². The number of nitrogen functional groups attached to an aromatic ring is 1. The Morgan fingerprint density at radius 3 is 2.67 bits per heavy atom. The van der Waals surface area contributed by atoms with Crippen LogP contribution in [0.4, 0.5) is 11.4 Å². The van der Waals surface area contributed by atoms with Gasteiger partial charge in [0.1, 0.15) is 11.5 Å². The van der Waals surface area contributed by atoms with Crippen LogP contribution in [0.25, 0.3) is 0 Å². The standard InChI is InChI=1S/C17H21N3O3S/c1-11-8-19-16(12(2)17(11)23-4)9-24(21)10-20-15-6-5-13(22-3)7-14(15)18/h5-8,10H,9,18H2,1-4H3/b20-10+. The molecule has 1 heterocycles. The molecule has 0 aliphatic rings. The van der Waals surface area contributed by atoms with Gasteiger partial charge in [-0.25, -0.2) is 4.99 Å². The number of nitrogens with zero attached hydrogens (tertiary/aromatic N) is 2. The van der Waals surface area contributed by atoms with Crippen molar-refractivity contribution >= 4 is 28.1 Å². The van der Waals surface area contributed by atoms with E-state index in [0.29, 0.717) is 17.1 Å². The van der Waals surface area contributed by atoms with Crippen LogP contribution in [0, 0.1) is 13.8 Å². The topological polar surface area (TPSA) is 92.8 Å². The van der Waals surface area contributed by atoms with E-state index in [2.05, 4.69) is 9.98 Å². The average Bonchev–Trinajstić information content (AvgIpc) is 2.56. The summed E-state index contributed by atoms with van der Waals surface area (Å²) < 4.78 is 22.7. The summed E-state index contributed by atoms with van der Waals surface area (Å²) in [7, 11) is 3.18. The molecule has 2 N–H and O–H groups in total. The zero-order chi connectivity index (χ0) is 17.7. The van der Waals surface area contributed by atoms with E-state index >= 15 is 0 Å². The molecule has 0 radical (unpaired) electrons. The maximum Gasteiger partial charge on any atom is 0.208 e. The maximum absolute atomic E-state index is 12.3. The first-order valence-electron chi connectivity index (χ1n) is 7.30. The second-order valence-electron chi connectivity index (χ2n) is 5.23. The molecule has 6 nitrogen and oxygen atoms in total. The number of methoxy groups -OCH3 is 2. The number of rotatable bonds is 6. The number of benzene rings is 1. The van der Waals surface area contributed by atoms with Crippen LogP contribution in [-0.4, -0.2) is 29.3 Å². The summed E-state index contributed by atoms with van der Waals surface area (Å²) in [6.45, 7) is 3.83. The first kappa shape index (κ1) is 18.1. The van der Waals surface area contributed by atoms with Crippen molar-refractivity contribution in [2.24, 2.45) is 4.99 Å². The smallest absolute Gasteiger partial charge is 0.208 e. The summed E-state index contributed by atoms with van der Waals surface area (Å²) in [6.07, 6.45) is 1.72. The maximum atomic E-state index is 12.3. The highest BCUT2D eigenvalue weighted by atomic mass is 32.2. The van der Waals surface area contributed by atoms with Crippen LogP contribution in [0.3, 0.4) is 0 Å². The predicted molar refractivity (Wildman–Crippen MR) is 97.7 cm³/mol. The Morgan fingerprint density at radius 1 is 1.29 bits per heavy atom. The Balaban J connectivity index is 2.12. The van der Waals surface area contributed by atoms with Gasteiger partial charge in [0.25, 0.3) is 0 Å². The van der Waals surface area contributed by atoms with Crippen molar-refractivity contribution in [3.05, 3.63) is 41.2 Å². The molecule has 0 bridgehead atoms. The molecule has 0 saturated carbocycles. The minimum atomic E-state index is -1.31. The van der Waals surface area contributed by atoms with E-state index in [1.54, 1.807) is 38.6 Å². The Labute approximate surface area is 144 Å². The molecular weight excluding hydrogens is 326 g/mol. The molecule has 2 rings (SSSR count). The van der Waals surface area contributed by atoms with Crippen molar-refractivity contribution in [1.82, 2.24) is 4.98 Å². The van der Waals surface area contributed by atoms with Gasteiger partial charge in [-0.1, -0.05) is 0 Å². The fourth-order valence-corrected chi connectivity index (χ4v) is 3.15. The van der Waals surface area contributed by atoms with E-state index in [-0.39, 0.29) is 5.75 Å². The van der Waals surface area contributed by atoms with Crippen molar-refractivity contribution in [2.45, 2.75) is 19.6 Å². The Hall–Kier alpha value is -2.25. The van der Waals surface area contributed by atoms with Crippen molar-refractivity contribution < 1.29 is 14.0 Å². The van der Waals surface area contributed by atoms with Crippen molar-refractivity contribution in [1.29, 1.82) is 0 Å². The van der Waals surface area contributed by atoms with Crippen LogP contribution in [0.15, 0.2) is 29.4 Å². The monoisotopic (exact) mass is 347 g/mol. The highest BCUT2D eigenvalue weighted by molar-refractivity contribution is 8.03. The van der Waals surface area contributed by atoms with E-state index in [1.807, 2.05) is 13.8 Å². The highest BCUT2D eigenvalue weighted by Crippen LogP contribution is 2.27. The number of pyridine rings is 1. The van der Waals surface area contributed by atoms with Crippen LogP contribution in [0.2, 0.25) is 0 Å². The van der Waals surface area contributed by atoms with Gasteiger partial charge in [0.05, 0.1) is 31.3 Å². The second kappa shape index (κ2) is 8.03. The summed E-state index contributed by atoms with van der Waals surface area (Å²) in [4.78, 5) is 8.55. The minimum absolute atomic E-state index is 0.266. The Kier molecular flexibility index (Phi) is 6.05.